The molecule has 0 aromatic carbocycles. The van der Waals surface area contributed by atoms with Crippen LogP contribution in [0, 0.1) is 0 Å². The molecule has 2 aromatic rings. The molecular weight excluding hydrogens is 371 g/mol. The van der Waals surface area contributed by atoms with Gasteiger partial charge >= 0.3 is 6.18 Å². The Morgan fingerprint density at radius 3 is 2.61 bits per heavy atom. The Kier molecular flexibility index (Phi) is 6.12. The van der Waals surface area contributed by atoms with Crippen molar-refractivity contribution >= 4 is 22.6 Å². The Hall–Kier alpha value is -2.29. The predicted octanol–water partition coefficient (Wildman–Crippen LogP) is 3.51. The maximum atomic E-state index is 12.5. The fourth-order valence-electron chi connectivity index (χ4n) is 3.92. The van der Waals surface area contributed by atoms with Crippen LogP contribution in [0.4, 0.5) is 18.9 Å². The molecule has 1 saturated carbocycles. The number of amides is 1. The molecule has 4 rings (SSSR count). The number of halogens is 3. The molecule has 1 amide bonds. The lowest BCUT2D eigenvalue weighted by Gasteiger charge is -2.42. The summed E-state index contributed by atoms with van der Waals surface area (Å²) in [6.07, 6.45) is 5.91. The fourth-order valence-corrected chi connectivity index (χ4v) is 3.92. The van der Waals surface area contributed by atoms with Gasteiger partial charge in [-0.15, -0.1) is 0 Å². The summed E-state index contributed by atoms with van der Waals surface area (Å²) in [6, 6.07) is 2.57. The third-order valence-electron chi connectivity index (χ3n) is 5.18. The van der Waals surface area contributed by atoms with Crippen molar-refractivity contribution in [1.29, 1.82) is 0 Å². The van der Waals surface area contributed by atoms with Gasteiger partial charge in [0.25, 0.3) is 5.91 Å². The van der Waals surface area contributed by atoms with Crippen molar-refractivity contribution in [2.75, 3.05) is 32.2 Å². The van der Waals surface area contributed by atoms with Crippen LogP contribution < -0.4 is 10.2 Å². The molecule has 1 fully saturated rings. The maximum Gasteiger partial charge on any atom is 0.401 e. The number of fused-ring (bicyclic) bond motifs is 3. The van der Waals surface area contributed by atoms with E-state index in [1.54, 1.807) is 11.1 Å². The number of carbonyl (C=O) groups excluding carboxylic acids is 1. The first-order valence-electron chi connectivity index (χ1n) is 9.51. The van der Waals surface area contributed by atoms with Crippen LogP contribution in [0.1, 0.15) is 42.5 Å². The second-order valence-corrected chi connectivity index (χ2v) is 7.31. The molecule has 1 aliphatic carbocycles. The highest BCUT2D eigenvalue weighted by Crippen LogP contribution is 2.37. The minimum absolute atomic E-state index is 0.0765. The third-order valence-corrected chi connectivity index (χ3v) is 5.18. The molecule has 1 aliphatic heterocycles. The first-order valence-corrected chi connectivity index (χ1v) is 9.51. The van der Waals surface area contributed by atoms with Crippen molar-refractivity contribution < 1.29 is 18.0 Å². The lowest BCUT2D eigenvalue weighted by molar-refractivity contribution is -0.123. The van der Waals surface area contributed by atoms with Crippen LogP contribution in [-0.2, 0) is 0 Å². The van der Waals surface area contributed by atoms with Crippen LogP contribution in [0.15, 0.2) is 18.5 Å². The molecule has 154 valence electrons. The van der Waals surface area contributed by atoms with Gasteiger partial charge in [-0.05, 0) is 26.0 Å². The minimum atomic E-state index is -4.06. The molecule has 6 nitrogen and oxygen atoms in total. The largest absolute Gasteiger partial charge is 0.401 e. The zero-order chi connectivity index (χ0) is 20.3. The zero-order valence-electron chi connectivity index (χ0n) is 16.1. The van der Waals surface area contributed by atoms with Crippen LogP contribution in [0.5, 0.6) is 0 Å². The van der Waals surface area contributed by atoms with Gasteiger partial charge < -0.3 is 20.1 Å². The molecule has 28 heavy (non-hydrogen) atoms. The van der Waals surface area contributed by atoms with E-state index in [0.29, 0.717) is 12.7 Å². The van der Waals surface area contributed by atoms with Gasteiger partial charge in [-0.3, -0.25) is 4.79 Å². The first-order chi connectivity index (χ1) is 13.3. The van der Waals surface area contributed by atoms with E-state index in [9.17, 15) is 18.0 Å². The number of nitrogens with one attached hydrogen (secondary N) is 2. The highest BCUT2D eigenvalue weighted by atomic mass is 19.4. The Bertz CT molecular complexity index is 813. The fraction of sp³-hybridized carbons (Fsp3) is 0.579. The van der Waals surface area contributed by atoms with Crippen LogP contribution in [0.3, 0.4) is 0 Å². The molecule has 0 saturated heterocycles. The highest BCUT2D eigenvalue weighted by Gasteiger charge is 2.33. The Balaban J connectivity index is 0.000000279. The standard InChI is InChI=1S/C16H20N4O.C3H6F3N/c1-19-10-20(11-5-3-2-4-6-11)14-12-7-8-17-15(12)18-9-13(14)16(19)21;1-7-2-3(4,5)6/h7-9,11H,2-6,10H2,1H3,(H,17,18);7H,2H2,1H3. The zero-order valence-corrected chi connectivity index (χ0v) is 16.1. The van der Waals surface area contributed by atoms with Crippen molar-refractivity contribution in [3.8, 4) is 0 Å². The molecule has 2 aromatic heterocycles. The van der Waals surface area contributed by atoms with E-state index in [1.807, 2.05) is 24.6 Å². The maximum absolute atomic E-state index is 12.5. The summed E-state index contributed by atoms with van der Waals surface area (Å²) < 4.78 is 33.0. The van der Waals surface area contributed by atoms with E-state index in [1.165, 1.54) is 39.2 Å². The highest BCUT2D eigenvalue weighted by molar-refractivity contribution is 6.08. The molecule has 3 heterocycles. The number of alkyl halides is 3. The number of carbonyl (C=O) groups is 1. The van der Waals surface area contributed by atoms with Crippen molar-refractivity contribution in [3.63, 3.8) is 0 Å². The van der Waals surface area contributed by atoms with Crippen molar-refractivity contribution in [1.82, 2.24) is 20.2 Å². The van der Waals surface area contributed by atoms with E-state index in [2.05, 4.69) is 14.9 Å². The minimum Gasteiger partial charge on any atom is -0.349 e. The number of pyridine rings is 1. The number of rotatable bonds is 2. The number of aromatic nitrogens is 2. The van der Waals surface area contributed by atoms with Crippen LogP contribution >= 0.6 is 0 Å². The van der Waals surface area contributed by atoms with Crippen LogP contribution in [-0.4, -0.2) is 60.3 Å². The third kappa shape index (κ3) is 4.40. The quantitative estimate of drug-likeness (QED) is 0.814. The van der Waals surface area contributed by atoms with E-state index >= 15 is 0 Å². The SMILES string of the molecule is CN1CN(C2CCCCC2)c2c(cnc3[nH]ccc23)C1=O.CNCC(F)(F)F. The molecule has 0 spiro atoms. The predicted molar refractivity (Wildman–Crippen MR) is 102 cm³/mol. The van der Waals surface area contributed by atoms with Gasteiger partial charge in [0, 0.05) is 30.9 Å². The molecule has 9 heteroatoms. The van der Waals surface area contributed by atoms with Crippen molar-refractivity contribution in [3.05, 3.63) is 24.0 Å². The van der Waals surface area contributed by atoms with Gasteiger partial charge in [-0.25, -0.2) is 4.98 Å². The number of anilines is 1. The molecule has 2 N–H and O–H groups in total. The summed E-state index contributed by atoms with van der Waals surface area (Å²) >= 11 is 0. The summed E-state index contributed by atoms with van der Waals surface area (Å²) in [5.41, 5.74) is 2.68. The molecule has 2 aliphatic rings. The Labute approximate surface area is 162 Å². The van der Waals surface area contributed by atoms with Gasteiger partial charge in [0.15, 0.2) is 0 Å². The second kappa shape index (κ2) is 8.38. The molecule has 0 radical (unpaired) electrons. The number of nitrogens with zero attached hydrogens (tertiary/aromatic N) is 3. The van der Waals surface area contributed by atoms with E-state index < -0.39 is 12.7 Å². The van der Waals surface area contributed by atoms with Crippen molar-refractivity contribution in [2.45, 2.75) is 44.3 Å². The van der Waals surface area contributed by atoms with Gasteiger partial charge in [-0.2, -0.15) is 13.2 Å². The first kappa shape index (κ1) is 20.4. The molecule has 0 bridgehead atoms. The number of H-pyrrole nitrogens is 1. The summed E-state index contributed by atoms with van der Waals surface area (Å²) in [4.78, 5) is 24.2. The van der Waals surface area contributed by atoms with E-state index in [-0.39, 0.29) is 5.91 Å². The molecule has 0 unspecified atom stereocenters. The van der Waals surface area contributed by atoms with Crippen LogP contribution in [0.25, 0.3) is 11.0 Å². The number of hydrogen-bond donors (Lipinski definition) is 2. The normalized spacial score (nSPS) is 18.1. The van der Waals surface area contributed by atoms with Crippen LogP contribution in [0.2, 0.25) is 0 Å². The van der Waals surface area contributed by atoms with Gasteiger partial charge in [0.2, 0.25) is 0 Å². The van der Waals surface area contributed by atoms with E-state index in [4.69, 9.17) is 0 Å². The van der Waals surface area contributed by atoms with E-state index in [0.717, 1.165) is 22.3 Å². The topological polar surface area (TPSA) is 64.3 Å². The Morgan fingerprint density at radius 1 is 1.29 bits per heavy atom. The summed E-state index contributed by atoms with van der Waals surface area (Å²) in [7, 11) is 3.13. The average molecular weight is 397 g/mol. The van der Waals surface area contributed by atoms with Crippen molar-refractivity contribution in [2.24, 2.45) is 0 Å². The summed E-state index contributed by atoms with van der Waals surface area (Å²) in [6.45, 7) is -0.228. The summed E-state index contributed by atoms with van der Waals surface area (Å²) in [5, 5.41) is 3.05. The van der Waals surface area contributed by atoms with Gasteiger partial charge in [0.05, 0.1) is 24.5 Å². The molecular formula is C19H26F3N5O. The van der Waals surface area contributed by atoms with Gasteiger partial charge in [-0.1, -0.05) is 19.3 Å². The molecule has 0 atom stereocenters. The monoisotopic (exact) mass is 397 g/mol. The Morgan fingerprint density at radius 2 is 2.00 bits per heavy atom. The lowest BCUT2D eigenvalue weighted by atomic mass is 9.92. The number of hydrogen-bond acceptors (Lipinski definition) is 4. The lowest BCUT2D eigenvalue weighted by Crippen LogP contribution is -2.49. The summed E-state index contributed by atoms with van der Waals surface area (Å²) in [5.74, 6) is 0.0765. The second-order valence-electron chi connectivity index (χ2n) is 7.31. The number of aromatic amines is 1. The smallest absolute Gasteiger partial charge is 0.349 e. The van der Waals surface area contributed by atoms with Gasteiger partial charge in [0.1, 0.15) is 5.65 Å². The average Bonchev–Trinajstić information content (AvgIpc) is 3.13.